The van der Waals surface area contributed by atoms with Crippen LogP contribution in [0.2, 0.25) is 0 Å². The van der Waals surface area contributed by atoms with Crippen molar-refractivity contribution in [2.24, 2.45) is 0 Å². The highest BCUT2D eigenvalue weighted by molar-refractivity contribution is 5.67. The third-order valence-corrected chi connectivity index (χ3v) is 3.72. The summed E-state index contributed by atoms with van der Waals surface area (Å²) in [5.41, 5.74) is 0. The molecule has 2 rings (SSSR count). The first-order valence-corrected chi connectivity index (χ1v) is 6.51. The Morgan fingerprint density at radius 2 is 2.00 bits per heavy atom. The number of carbonyl (C=O) groups is 1. The second-order valence-electron chi connectivity index (χ2n) is 4.88. The highest BCUT2D eigenvalue weighted by Crippen LogP contribution is 2.19. The molecule has 0 aromatic carbocycles. The van der Waals surface area contributed by atoms with Crippen molar-refractivity contribution in [3.05, 3.63) is 0 Å². The molecule has 0 aliphatic carbocycles. The third-order valence-electron chi connectivity index (χ3n) is 3.72. The van der Waals surface area contributed by atoms with Gasteiger partial charge in [-0.2, -0.15) is 0 Å². The zero-order chi connectivity index (χ0) is 12.1. The molecular formula is C12H22N2O3. The molecule has 1 N–H and O–H groups in total. The lowest BCUT2D eigenvalue weighted by atomic mass is 10.1. The highest BCUT2D eigenvalue weighted by Gasteiger charge is 2.26. The number of carboxylic acids is 1. The van der Waals surface area contributed by atoms with Crippen LogP contribution in [-0.4, -0.2) is 72.9 Å². The molecule has 0 saturated carbocycles. The van der Waals surface area contributed by atoms with Gasteiger partial charge in [-0.05, 0) is 19.4 Å². The quantitative estimate of drug-likeness (QED) is 0.749. The molecule has 1 atom stereocenters. The van der Waals surface area contributed by atoms with E-state index >= 15 is 0 Å². The maximum Gasteiger partial charge on any atom is 0.304 e. The van der Waals surface area contributed by atoms with E-state index < -0.39 is 5.97 Å². The molecule has 0 aromatic heterocycles. The number of morpholine rings is 1. The SMILES string of the molecule is O=C(O)CC1CCCN1CCN1CCOCC1. The average molecular weight is 242 g/mol. The molecule has 0 amide bonds. The monoisotopic (exact) mass is 242 g/mol. The molecule has 0 radical (unpaired) electrons. The fourth-order valence-electron chi connectivity index (χ4n) is 2.72. The minimum atomic E-state index is -0.673. The van der Waals surface area contributed by atoms with Gasteiger partial charge in [0.1, 0.15) is 0 Å². The number of ether oxygens (including phenoxy) is 1. The molecule has 2 fully saturated rings. The summed E-state index contributed by atoms with van der Waals surface area (Å²) in [6.45, 7) is 6.78. The third kappa shape index (κ3) is 3.94. The van der Waals surface area contributed by atoms with Gasteiger partial charge in [-0.15, -0.1) is 0 Å². The Morgan fingerprint density at radius 1 is 1.24 bits per heavy atom. The van der Waals surface area contributed by atoms with Crippen molar-refractivity contribution >= 4 is 5.97 Å². The second kappa shape index (κ2) is 6.33. The maximum absolute atomic E-state index is 10.8. The van der Waals surface area contributed by atoms with E-state index in [1.807, 2.05) is 0 Å². The van der Waals surface area contributed by atoms with Gasteiger partial charge in [-0.1, -0.05) is 0 Å². The summed E-state index contributed by atoms with van der Waals surface area (Å²) in [4.78, 5) is 15.5. The van der Waals surface area contributed by atoms with Crippen molar-refractivity contribution in [1.82, 2.24) is 9.80 Å². The van der Waals surface area contributed by atoms with Gasteiger partial charge in [0.05, 0.1) is 19.6 Å². The second-order valence-corrected chi connectivity index (χ2v) is 4.88. The van der Waals surface area contributed by atoms with Gasteiger partial charge in [-0.25, -0.2) is 0 Å². The number of aliphatic carboxylic acids is 1. The first-order valence-electron chi connectivity index (χ1n) is 6.51. The van der Waals surface area contributed by atoms with Crippen molar-refractivity contribution in [1.29, 1.82) is 0 Å². The van der Waals surface area contributed by atoms with Crippen LogP contribution in [0, 0.1) is 0 Å². The molecule has 2 heterocycles. The van der Waals surface area contributed by atoms with Crippen molar-refractivity contribution in [2.45, 2.75) is 25.3 Å². The Hall–Kier alpha value is -0.650. The molecule has 17 heavy (non-hydrogen) atoms. The minimum absolute atomic E-state index is 0.258. The van der Waals surface area contributed by atoms with Gasteiger partial charge in [0.25, 0.3) is 0 Å². The highest BCUT2D eigenvalue weighted by atomic mass is 16.5. The van der Waals surface area contributed by atoms with Crippen molar-refractivity contribution < 1.29 is 14.6 Å². The topological polar surface area (TPSA) is 53.0 Å². The molecular weight excluding hydrogens is 220 g/mol. The Bertz CT molecular complexity index is 254. The minimum Gasteiger partial charge on any atom is -0.481 e. The maximum atomic E-state index is 10.8. The predicted molar refractivity (Wildman–Crippen MR) is 64.1 cm³/mol. The summed E-state index contributed by atoms with van der Waals surface area (Å²) in [6.07, 6.45) is 2.47. The van der Waals surface area contributed by atoms with E-state index in [1.54, 1.807) is 0 Å². The van der Waals surface area contributed by atoms with E-state index in [0.717, 1.165) is 58.8 Å². The molecule has 0 aromatic rings. The van der Waals surface area contributed by atoms with Crippen LogP contribution in [0.1, 0.15) is 19.3 Å². The molecule has 1 unspecified atom stereocenters. The lowest BCUT2D eigenvalue weighted by Gasteiger charge is -2.30. The fourth-order valence-corrected chi connectivity index (χ4v) is 2.72. The van der Waals surface area contributed by atoms with Crippen molar-refractivity contribution in [2.75, 3.05) is 45.9 Å². The molecule has 2 saturated heterocycles. The summed E-state index contributed by atoms with van der Waals surface area (Å²) in [7, 11) is 0. The Kier molecular flexibility index (Phi) is 4.76. The van der Waals surface area contributed by atoms with Gasteiger partial charge in [0.15, 0.2) is 0 Å². The molecule has 5 nitrogen and oxygen atoms in total. The van der Waals surface area contributed by atoms with Crippen LogP contribution in [0.15, 0.2) is 0 Å². The van der Waals surface area contributed by atoms with Gasteiger partial charge in [0, 0.05) is 32.2 Å². The van der Waals surface area contributed by atoms with E-state index in [2.05, 4.69) is 9.80 Å². The Balaban J connectivity index is 1.71. The molecule has 0 bridgehead atoms. The first kappa shape index (κ1) is 12.8. The van der Waals surface area contributed by atoms with Crippen LogP contribution in [0.5, 0.6) is 0 Å². The fraction of sp³-hybridized carbons (Fsp3) is 0.917. The van der Waals surface area contributed by atoms with Gasteiger partial charge in [0.2, 0.25) is 0 Å². The summed E-state index contributed by atoms with van der Waals surface area (Å²) < 4.78 is 5.31. The van der Waals surface area contributed by atoms with Gasteiger partial charge < -0.3 is 9.84 Å². The summed E-state index contributed by atoms with van der Waals surface area (Å²) in [6, 6.07) is 0.258. The van der Waals surface area contributed by atoms with E-state index in [9.17, 15) is 4.79 Å². The zero-order valence-corrected chi connectivity index (χ0v) is 10.3. The summed E-state index contributed by atoms with van der Waals surface area (Å²) in [5.74, 6) is -0.673. The van der Waals surface area contributed by atoms with E-state index in [1.165, 1.54) is 0 Å². The van der Waals surface area contributed by atoms with Crippen molar-refractivity contribution in [3.63, 3.8) is 0 Å². The van der Waals surface area contributed by atoms with E-state index in [4.69, 9.17) is 9.84 Å². The van der Waals surface area contributed by atoms with E-state index in [-0.39, 0.29) is 6.04 Å². The number of rotatable bonds is 5. The van der Waals surface area contributed by atoms with Crippen LogP contribution in [0.4, 0.5) is 0 Å². The lowest BCUT2D eigenvalue weighted by molar-refractivity contribution is -0.138. The lowest BCUT2D eigenvalue weighted by Crippen LogP contribution is -2.43. The number of hydrogen-bond acceptors (Lipinski definition) is 4. The van der Waals surface area contributed by atoms with Crippen molar-refractivity contribution in [3.8, 4) is 0 Å². The van der Waals surface area contributed by atoms with Crippen LogP contribution in [0.3, 0.4) is 0 Å². The molecule has 0 spiro atoms. The largest absolute Gasteiger partial charge is 0.481 e. The normalized spacial score (nSPS) is 27.4. The Morgan fingerprint density at radius 3 is 2.71 bits per heavy atom. The Labute approximate surface area is 102 Å². The summed E-state index contributed by atoms with van der Waals surface area (Å²) >= 11 is 0. The predicted octanol–water partition coefficient (Wildman–Crippen LogP) is 0.258. The van der Waals surface area contributed by atoms with Crippen LogP contribution in [0.25, 0.3) is 0 Å². The van der Waals surface area contributed by atoms with Gasteiger partial charge in [-0.3, -0.25) is 14.6 Å². The van der Waals surface area contributed by atoms with E-state index in [0.29, 0.717) is 6.42 Å². The number of hydrogen-bond donors (Lipinski definition) is 1. The summed E-state index contributed by atoms with van der Waals surface area (Å²) in [5, 5.41) is 8.85. The molecule has 98 valence electrons. The van der Waals surface area contributed by atoms with Gasteiger partial charge >= 0.3 is 5.97 Å². The molecule has 5 heteroatoms. The number of nitrogens with zero attached hydrogens (tertiary/aromatic N) is 2. The van der Waals surface area contributed by atoms with Crippen LogP contribution >= 0.6 is 0 Å². The molecule has 2 aliphatic rings. The van der Waals surface area contributed by atoms with Crippen LogP contribution in [-0.2, 0) is 9.53 Å². The van der Waals surface area contributed by atoms with Crippen LogP contribution < -0.4 is 0 Å². The average Bonchev–Trinajstić information content (AvgIpc) is 2.74. The first-order chi connectivity index (χ1) is 8.25. The number of carboxylic acid groups (broad SMARTS) is 1. The standard InChI is InChI=1S/C12H22N2O3/c15-12(16)10-11-2-1-3-14(11)5-4-13-6-8-17-9-7-13/h11H,1-10H2,(H,15,16). The number of likely N-dealkylation sites (tertiary alicyclic amines) is 1. The zero-order valence-electron chi connectivity index (χ0n) is 10.3. The molecule has 2 aliphatic heterocycles. The smallest absolute Gasteiger partial charge is 0.304 e.